The topological polar surface area (TPSA) is 88.2 Å². The normalized spacial score (nSPS) is 12.6. The minimum atomic E-state index is -3.73. The summed E-state index contributed by atoms with van der Waals surface area (Å²) >= 11 is 0. The van der Waals surface area contributed by atoms with E-state index in [1.54, 1.807) is 36.7 Å². The molecule has 0 aliphatic carbocycles. The Morgan fingerprint density at radius 3 is 2.35 bits per heavy atom. The van der Waals surface area contributed by atoms with Gasteiger partial charge in [-0.1, -0.05) is 17.7 Å². The van der Waals surface area contributed by atoms with Crippen LogP contribution in [0.25, 0.3) is 0 Å². The lowest BCUT2D eigenvalue weighted by atomic mass is 10.2. The van der Waals surface area contributed by atoms with Crippen LogP contribution in [0.4, 0.5) is 0 Å². The van der Waals surface area contributed by atoms with E-state index in [0.717, 1.165) is 11.1 Å². The van der Waals surface area contributed by atoms with Crippen molar-refractivity contribution in [3.8, 4) is 0 Å². The fourth-order valence-electron chi connectivity index (χ4n) is 1.91. The number of benzene rings is 1. The molecule has 0 saturated heterocycles. The van der Waals surface area contributed by atoms with Crippen molar-refractivity contribution in [3.63, 3.8) is 0 Å². The van der Waals surface area contributed by atoms with Crippen LogP contribution in [-0.2, 0) is 21.4 Å². The van der Waals surface area contributed by atoms with Crippen molar-refractivity contribution >= 4 is 15.9 Å². The van der Waals surface area contributed by atoms with Gasteiger partial charge in [0.2, 0.25) is 15.9 Å². The Hall–Kier alpha value is -2.25. The van der Waals surface area contributed by atoms with Crippen molar-refractivity contribution in [2.75, 3.05) is 0 Å². The molecule has 1 amide bonds. The maximum absolute atomic E-state index is 12.2. The molecule has 1 heterocycles. The number of carbonyl (C=O) groups excluding carboxylic acids is 1. The number of nitrogens with zero attached hydrogens (tertiary/aromatic N) is 1. The molecule has 122 valence electrons. The lowest BCUT2D eigenvalue weighted by Crippen LogP contribution is -2.44. The van der Waals surface area contributed by atoms with Gasteiger partial charge in [0.15, 0.2) is 0 Å². The zero-order valence-corrected chi connectivity index (χ0v) is 13.8. The van der Waals surface area contributed by atoms with Crippen LogP contribution in [0.2, 0.25) is 0 Å². The standard InChI is InChI=1S/C16H19N3O3S/c1-12-3-5-15(6-4-12)23(21,22)19-13(2)16(20)18-11-14-7-9-17-10-8-14/h3-10,13,19H,11H2,1-2H3,(H,18,20)/t13-/m1/s1. The number of hydrogen-bond acceptors (Lipinski definition) is 4. The number of sulfonamides is 1. The molecule has 1 aromatic carbocycles. The van der Waals surface area contributed by atoms with Gasteiger partial charge in [0.1, 0.15) is 0 Å². The molecule has 0 bridgehead atoms. The van der Waals surface area contributed by atoms with E-state index in [1.807, 2.05) is 6.92 Å². The van der Waals surface area contributed by atoms with Crippen molar-refractivity contribution in [2.24, 2.45) is 0 Å². The Labute approximate surface area is 136 Å². The molecule has 0 fully saturated rings. The molecule has 0 unspecified atom stereocenters. The summed E-state index contributed by atoms with van der Waals surface area (Å²) in [5.74, 6) is -0.391. The molecular formula is C16H19N3O3S. The van der Waals surface area contributed by atoms with E-state index in [2.05, 4.69) is 15.0 Å². The fourth-order valence-corrected chi connectivity index (χ4v) is 3.12. The maximum atomic E-state index is 12.2. The van der Waals surface area contributed by atoms with Gasteiger partial charge in [-0.15, -0.1) is 0 Å². The lowest BCUT2D eigenvalue weighted by Gasteiger charge is -2.14. The highest BCUT2D eigenvalue weighted by Gasteiger charge is 2.21. The van der Waals surface area contributed by atoms with Gasteiger partial charge in [0.05, 0.1) is 10.9 Å². The summed E-state index contributed by atoms with van der Waals surface area (Å²) in [6, 6.07) is 9.13. The minimum Gasteiger partial charge on any atom is -0.351 e. The van der Waals surface area contributed by atoms with Crippen LogP contribution >= 0.6 is 0 Å². The second-order valence-electron chi connectivity index (χ2n) is 5.23. The van der Waals surface area contributed by atoms with Crippen LogP contribution in [0.15, 0.2) is 53.7 Å². The number of aromatic nitrogens is 1. The van der Waals surface area contributed by atoms with E-state index in [4.69, 9.17) is 0 Å². The van der Waals surface area contributed by atoms with Crippen molar-refractivity contribution in [3.05, 3.63) is 59.9 Å². The summed E-state index contributed by atoms with van der Waals surface area (Å²) in [4.78, 5) is 16.1. The monoisotopic (exact) mass is 333 g/mol. The van der Waals surface area contributed by atoms with E-state index < -0.39 is 22.0 Å². The van der Waals surface area contributed by atoms with Crippen molar-refractivity contribution < 1.29 is 13.2 Å². The summed E-state index contributed by atoms with van der Waals surface area (Å²) < 4.78 is 26.8. The molecular weight excluding hydrogens is 314 g/mol. The van der Waals surface area contributed by atoms with Crippen LogP contribution in [0, 0.1) is 6.92 Å². The zero-order chi connectivity index (χ0) is 16.9. The number of nitrogens with one attached hydrogen (secondary N) is 2. The third-order valence-corrected chi connectivity index (χ3v) is 4.83. The summed E-state index contributed by atoms with van der Waals surface area (Å²) in [5, 5.41) is 2.69. The fraction of sp³-hybridized carbons (Fsp3) is 0.250. The molecule has 1 aromatic heterocycles. The molecule has 0 aliphatic rings. The summed E-state index contributed by atoms with van der Waals surface area (Å²) in [6.07, 6.45) is 3.26. The third kappa shape index (κ3) is 4.87. The minimum absolute atomic E-state index is 0.136. The first-order valence-electron chi connectivity index (χ1n) is 7.14. The maximum Gasteiger partial charge on any atom is 0.241 e. The number of aryl methyl sites for hydroxylation is 1. The molecule has 23 heavy (non-hydrogen) atoms. The Morgan fingerprint density at radius 1 is 1.13 bits per heavy atom. The van der Waals surface area contributed by atoms with Gasteiger partial charge >= 0.3 is 0 Å². The molecule has 2 rings (SSSR count). The number of hydrogen-bond donors (Lipinski definition) is 2. The molecule has 0 spiro atoms. The highest BCUT2D eigenvalue weighted by molar-refractivity contribution is 7.89. The molecule has 0 aliphatic heterocycles. The molecule has 2 aromatic rings. The van der Waals surface area contributed by atoms with Gasteiger partial charge in [-0.25, -0.2) is 8.42 Å². The number of rotatable bonds is 6. The SMILES string of the molecule is Cc1ccc(S(=O)(=O)N[C@H](C)C(=O)NCc2ccncc2)cc1. The predicted molar refractivity (Wildman–Crippen MR) is 87.0 cm³/mol. The van der Waals surface area contributed by atoms with Crippen LogP contribution in [0.3, 0.4) is 0 Å². The number of pyridine rings is 1. The number of amides is 1. The first kappa shape index (κ1) is 17.1. The Morgan fingerprint density at radius 2 is 1.74 bits per heavy atom. The van der Waals surface area contributed by atoms with Gasteiger partial charge in [-0.3, -0.25) is 9.78 Å². The summed E-state index contributed by atoms with van der Waals surface area (Å²) in [6.45, 7) is 3.70. The average molecular weight is 333 g/mol. The second-order valence-corrected chi connectivity index (χ2v) is 6.94. The Bertz CT molecular complexity index is 759. The van der Waals surface area contributed by atoms with Gasteiger partial charge < -0.3 is 5.32 Å². The Balaban J connectivity index is 1.96. The van der Waals surface area contributed by atoms with Crippen molar-refractivity contribution in [2.45, 2.75) is 31.3 Å². The van der Waals surface area contributed by atoms with Gasteiger partial charge in [-0.2, -0.15) is 4.72 Å². The molecule has 2 N–H and O–H groups in total. The second kappa shape index (κ2) is 7.34. The van der Waals surface area contributed by atoms with Gasteiger partial charge in [0.25, 0.3) is 0 Å². The van der Waals surface area contributed by atoms with Crippen LogP contribution in [-0.4, -0.2) is 25.4 Å². The first-order chi connectivity index (χ1) is 10.9. The van der Waals surface area contributed by atoms with E-state index in [9.17, 15) is 13.2 Å². The molecule has 0 saturated carbocycles. The van der Waals surface area contributed by atoms with E-state index in [-0.39, 0.29) is 4.90 Å². The van der Waals surface area contributed by atoms with Crippen molar-refractivity contribution in [1.82, 2.24) is 15.0 Å². The smallest absolute Gasteiger partial charge is 0.241 e. The van der Waals surface area contributed by atoms with Gasteiger partial charge in [0, 0.05) is 18.9 Å². The zero-order valence-electron chi connectivity index (χ0n) is 13.0. The first-order valence-corrected chi connectivity index (χ1v) is 8.62. The van der Waals surface area contributed by atoms with E-state index >= 15 is 0 Å². The Kier molecular flexibility index (Phi) is 5.46. The molecule has 7 heteroatoms. The summed E-state index contributed by atoms with van der Waals surface area (Å²) in [7, 11) is -3.73. The van der Waals surface area contributed by atoms with Crippen LogP contribution in [0.5, 0.6) is 0 Å². The van der Waals surface area contributed by atoms with E-state index in [1.165, 1.54) is 19.1 Å². The largest absolute Gasteiger partial charge is 0.351 e. The van der Waals surface area contributed by atoms with Crippen LogP contribution in [0.1, 0.15) is 18.1 Å². The highest BCUT2D eigenvalue weighted by atomic mass is 32.2. The lowest BCUT2D eigenvalue weighted by molar-refractivity contribution is -0.122. The van der Waals surface area contributed by atoms with E-state index in [0.29, 0.717) is 6.54 Å². The average Bonchev–Trinajstić information content (AvgIpc) is 2.53. The molecule has 1 atom stereocenters. The third-order valence-electron chi connectivity index (χ3n) is 3.27. The molecule has 6 nitrogen and oxygen atoms in total. The van der Waals surface area contributed by atoms with Crippen LogP contribution < -0.4 is 10.0 Å². The number of carbonyl (C=O) groups is 1. The highest BCUT2D eigenvalue weighted by Crippen LogP contribution is 2.10. The van der Waals surface area contributed by atoms with Gasteiger partial charge in [-0.05, 0) is 43.7 Å². The molecule has 0 radical (unpaired) electrons. The van der Waals surface area contributed by atoms with Crippen molar-refractivity contribution in [1.29, 1.82) is 0 Å². The quantitative estimate of drug-likeness (QED) is 0.836. The predicted octanol–water partition coefficient (Wildman–Crippen LogP) is 1.37. The summed E-state index contributed by atoms with van der Waals surface area (Å²) in [5.41, 5.74) is 1.86.